The van der Waals surface area contributed by atoms with Crippen LogP contribution in [0.4, 0.5) is 0 Å². The SMILES string of the molecule is COC(=O)[C@@H](Cc1c[nH]c2ccccc12)NC(=O)[C@H]1CN(C(=O)C2CCNCC2)CCN1S(=O)(=O)c1ccccc1. The molecule has 0 radical (unpaired) electrons. The fourth-order valence-electron chi connectivity index (χ4n) is 5.65. The topological polar surface area (TPSA) is 141 Å². The average Bonchev–Trinajstić information content (AvgIpc) is 3.43. The number of aromatic amines is 1. The number of nitrogens with zero attached hydrogens (tertiary/aromatic N) is 2. The predicted octanol–water partition coefficient (Wildman–Crippen LogP) is 1.27. The lowest BCUT2D eigenvalue weighted by atomic mass is 9.96. The van der Waals surface area contributed by atoms with E-state index in [1.165, 1.54) is 19.2 Å². The van der Waals surface area contributed by atoms with Gasteiger partial charge in [-0.3, -0.25) is 9.59 Å². The summed E-state index contributed by atoms with van der Waals surface area (Å²) in [4.78, 5) is 44.9. The van der Waals surface area contributed by atoms with Gasteiger partial charge in [-0.15, -0.1) is 0 Å². The monoisotopic (exact) mass is 581 g/mol. The van der Waals surface area contributed by atoms with E-state index in [4.69, 9.17) is 4.74 Å². The third-order valence-corrected chi connectivity index (χ3v) is 9.81. The lowest BCUT2D eigenvalue weighted by molar-refractivity contribution is -0.147. The Kier molecular flexibility index (Phi) is 8.71. The number of H-pyrrole nitrogens is 1. The first-order chi connectivity index (χ1) is 19.8. The fraction of sp³-hybridized carbons (Fsp3) is 0.414. The molecule has 41 heavy (non-hydrogen) atoms. The Morgan fingerprint density at radius 2 is 1.73 bits per heavy atom. The Balaban J connectivity index is 1.42. The van der Waals surface area contributed by atoms with Gasteiger partial charge in [0.25, 0.3) is 0 Å². The molecule has 218 valence electrons. The number of piperazine rings is 1. The number of hydrogen-bond acceptors (Lipinski definition) is 7. The molecule has 2 saturated heterocycles. The summed E-state index contributed by atoms with van der Waals surface area (Å²) in [6.07, 6.45) is 3.29. The molecule has 5 rings (SSSR count). The van der Waals surface area contributed by atoms with Crippen molar-refractivity contribution in [2.24, 2.45) is 5.92 Å². The zero-order chi connectivity index (χ0) is 29.0. The average molecular weight is 582 g/mol. The van der Waals surface area contributed by atoms with Crippen LogP contribution in [0, 0.1) is 5.92 Å². The summed E-state index contributed by atoms with van der Waals surface area (Å²) in [5.74, 6) is -1.58. The van der Waals surface area contributed by atoms with E-state index in [0.717, 1.165) is 33.9 Å². The van der Waals surface area contributed by atoms with Crippen LogP contribution in [0.1, 0.15) is 18.4 Å². The van der Waals surface area contributed by atoms with Gasteiger partial charge in [0.2, 0.25) is 21.8 Å². The Morgan fingerprint density at radius 3 is 2.46 bits per heavy atom. The number of rotatable bonds is 8. The molecule has 0 spiro atoms. The smallest absolute Gasteiger partial charge is 0.328 e. The number of ether oxygens (including phenoxy) is 1. The number of esters is 1. The predicted molar refractivity (Wildman–Crippen MR) is 152 cm³/mol. The fourth-order valence-corrected chi connectivity index (χ4v) is 7.24. The standard InChI is InChI=1S/C29H35N5O6S/c1-40-29(37)25(17-21-18-31-24-10-6-5-9-23(21)24)32-27(35)26-19-33(28(36)20-11-13-30-14-12-20)15-16-34(26)41(38,39)22-7-3-2-4-8-22/h2-10,18,20,25-26,30-31H,11-17,19H2,1H3,(H,32,35)/t25-,26-/m1/s1. The van der Waals surface area contributed by atoms with Crippen LogP contribution in [0.25, 0.3) is 10.9 Å². The summed E-state index contributed by atoms with van der Waals surface area (Å²) >= 11 is 0. The van der Waals surface area contributed by atoms with Gasteiger partial charge in [-0.1, -0.05) is 36.4 Å². The Morgan fingerprint density at radius 1 is 1.02 bits per heavy atom. The highest BCUT2D eigenvalue weighted by atomic mass is 32.2. The molecule has 2 aromatic carbocycles. The van der Waals surface area contributed by atoms with Crippen molar-refractivity contribution in [1.29, 1.82) is 0 Å². The van der Waals surface area contributed by atoms with Crippen LogP contribution in [0.2, 0.25) is 0 Å². The van der Waals surface area contributed by atoms with Crippen molar-refractivity contribution in [3.63, 3.8) is 0 Å². The molecular weight excluding hydrogens is 546 g/mol. The molecule has 3 aromatic rings. The number of nitrogens with one attached hydrogen (secondary N) is 3. The summed E-state index contributed by atoms with van der Waals surface area (Å²) in [6, 6.07) is 13.2. The summed E-state index contributed by atoms with van der Waals surface area (Å²) < 4.78 is 33.5. The van der Waals surface area contributed by atoms with E-state index in [1.807, 2.05) is 24.3 Å². The highest BCUT2D eigenvalue weighted by Gasteiger charge is 2.43. The molecule has 0 unspecified atom stereocenters. The van der Waals surface area contributed by atoms with Crippen LogP contribution in [0.5, 0.6) is 0 Å². The molecule has 2 aliphatic heterocycles. The van der Waals surface area contributed by atoms with E-state index in [-0.39, 0.29) is 42.8 Å². The summed E-state index contributed by atoms with van der Waals surface area (Å²) in [5.41, 5.74) is 1.69. The van der Waals surface area contributed by atoms with Crippen molar-refractivity contribution in [3.05, 3.63) is 66.4 Å². The zero-order valence-electron chi connectivity index (χ0n) is 22.9. The molecule has 12 heteroatoms. The van der Waals surface area contributed by atoms with Crippen LogP contribution < -0.4 is 10.6 Å². The molecule has 2 aliphatic rings. The van der Waals surface area contributed by atoms with E-state index in [9.17, 15) is 22.8 Å². The third kappa shape index (κ3) is 6.14. The summed E-state index contributed by atoms with van der Waals surface area (Å²) in [6.45, 7) is 1.49. The lowest BCUT2D eigenvalue weighted by Gasteiger charge is -2.41. The second kappa shape index (κ2) is 12.4. The first-order valence-corrected chi connectivity index (χ1v) is 15.2. The van der Waals surface area contributed by atoms with Crippen LogP contribution in [0.3, 0.4) is 0 Å². The van der Waals surface area contributed by atoms with Crippen molar-refractivity contribution < 1.29 is 27.5 Å². The van der Waals surface area contributed by atoms with Gasteiger partial charge < -0.3 is 25.3 Å². The molecule has 3 N–H and O–H groups in total. The molecule has 11 nitrogen and oxygen atoms in total. The molecular formula is C29H35N5O6S. The van der Waals surface area contributed by atoms with Gasteiger partial charge in [-0.25, -0.2) is 13.2 Å². The summed E-state index contributed by atoms with van der Waals surface area (Å²) in [7, 11) is -2.83. The number of carbonyl (C=O) groups excluding carboxylic acids is 3. The lowest BCUT2D eigenvalue weighted by Crippen LogP contribution is -2.63. The first kappa shape index (κ1) is 28.8. The number of aromatic nitrogens is 1. The maximum absolute atomic E-state index is 13.9. The molecule has 0 bridgehead atoms. The van der Waals surface area contributed by atoms with E-state index in [2.05, 4.69) is 15.6 Å². The van der Waals surface area contributed by atoms with E-state index < -0.39 is 34.0 Å². The van der Waals surface area contributed by atoms with Crippen LogP contribution in [-0.4, -0.2) is 92.3 Å². The number of carbonyl (C=O) groups is 3. The van der Waals surface area contributed by atoms with E-state index >= 15 is 0 Å². The summed E-state index contributed by atoms with van der Waals surface area (Å²) in [5, 5.41) is 6.90. The zero-order valence-corrected chi connectivity index (χ0v) is 23.7. The van der Waals surface area contributed by atoms with Crippen LogP contribution in [-0.2, 0) is 35.6 Å². The normalized spacial score (nSPS) is 19.5. The number of piperidine rings is 1. The Labute approximate surface area is 239 Å². The van der Waals surface area contributed by atoms with Gasteiger partial charge in [0.15, 0.2) is 0 Å². The van der Waals surface area contributed by atoms with Crippen molar-refractivity contribution in [1.82, 2.24) is 24.8 Å². The molecule has 1 aromatic heterocycles. The molecule has 2 fully saturated rings. The van der Waals surface area contributed by atoms with Gasteiger partial charge >= 0.3 is 5.97 Å². The molecule has 0 saturated carbocycles. The Bertz CT molecular complexity index is 1500. The maximum Gasteiger partial charge on any atom is 0.328 e. The highest BCUT2D eigenvalue weighted by Crippen LogP contribution is 2.25. The van der Waals surface area contributed by atoms with Gasteiger partial charge in [-0.2, -0.15) is 4.31 Å². The molecule has 2 amide bonds. The van der Waals surface area contributed by atoms with Crippen molar-refractivity contribution in [2.45, 2.75) is 36.2 Å². The third-order valence-electron chi connectivity index (χ3n) is 7.88. The number of amides is 2. The van der Waals surface area contributed by atoms with Gasteiger partial charge in [-0.05, 0) is 49.7 Å². The number of para-hydroxylation sites is 1. The number of fused-ring (bicyclic) bond motifs is 1. The van der Waals surface area contributed by atoms with Gasteiger partial charge in [0.05, 0.1) is 12.0 Å². The first-order valence-electron chi connectivity index (χ1n) is 13.8. The minimum Gasteiger partial charge on any atom is -0.467 e. The van der Waals surface area contributed by atoms with Crippen LogP contribution >= 0.6 is 0 Å². The van der Waals surface area contributed by atoms with Crippen molar-refractivity contribution in [3.8, 4) is 0 Å². The minimum absolute atomic E-state index is 0.0443. The molecule has 2 atom stereocenters. The van der Waals surface area contributed by atoms with Crippen molar-refractivity contribution in [2.75, 3.05) is 39.8 Å². The quantitative estimate of drug-likeness (QED) is 0.340. The number of benzene rings is 2. The number of methoxy groups -OCH3 is 1. The maximum atomic E-state index is 13.9. The Hall–Kier alpha value is -3.74. The second-order valence-electron chi connectivity index (χ2n) is 10.4. The van der Waals surface area contributed by atoms with Crippen molar-refractivity contribution >= 4 is 38.7 Å². The van der Waals surface area contributed by atoms with Gasteiger partial charge in [0.1, 0.15) is 12.1 Å². The largest absolute Gasteiger partial charge is 0.467 e. The number of sulfonamides is 1. The number of hydrogen-bond donors (Lipinski definition) is 3. The van der Waals surface area contributed by atoms with E-state index in [1.54, 1.807) is 29.3 Å². The second-order valence-corrected chi connectivity index (χ2v) is 12.3. The van der Waals surface area contributed by atoms with Crippen LogP contribution in [0.15, 0.2) is 65.7 Å². The highest BCUT2D eigenvalue weighted by molar-refractivity contribution is 7.89. The van der Waals surface area contributed by atoms with E-state index in [0.29, 0.717) is 12.8 Å². The molecule has 3 heterocycles. The van der Waals surface area contributed by atoms with Gasteiger partial charge in [0, 0.05) is 49.1 Å². The minimum atomic E-state index is -4.07. The molecule has 0 aliphatic carbocycles.